The number of aromatic nitrogens is 9. The molecule has 0 fully saturated rings. The summed E-state index contributed by atoms with van der Waals surface area (Å²) in [6, 6.07) is 12.0. The second-order valence-corrected chi connectivity index (χ2v) is 7.09. The largest absolute Gasteiger partial charge is 0.364 e. The summed E-state index contributed by atoms with van der Waals surface area (Å²) in [5, 5.41) is 17.1. The Morgan fingerprint density at radius 2 is 1.90 bits per heavy atom. The van der Waals surface area contributed by atoms with E-state index >= 15 is 0 Å². The van der Waals surface area contributed by atoms with Crippen LogP contribution in [0.5, 0.6) is 0 Å². The summed E-state index contributed by atoms with van der Waals surface area (Å²) in [5.41, 5.74) is 4.95. The molecule has 0 aliphatic rings. The lowest BCUT2D eigenvalue weighted by molar-refractivity contribution is 0.664. The normalized spacial score (nSPS) is 11.5. The van der Waals surface area contributed by atoms with Crippen molar-refractivity contribution in [3.63, 3.8) is 0 Å². The number of nitrogens with zero attached hydrogens (tertiary/aromatic N) is 9. The van der Waals surface area contributed by atoms with Crippen LogP contribution in [0.15, 0.2) is 67.4 Å². The highest BCUT2D eigenvalue weighted by molar-refractivity contribution is 5.79. The molecular weight excluding hydrogens is 392 g/mol. The van der Waals surface area contributed by atoms with Crippen molar-refractivity contribution in [1.29, 1.82) is 0 Å². The smallest absolute Gasteiger partial charge is 0.221 e. The van der Waals surface area contributed by atoms with E-state index < -0.39 is 0 Å². The maximum Gasteiger partial charge on any atom is 0.221 e. The summed E-state index contributed by atoms with van der Waals surface area (Å²) in [4.78, 5) is 17.8. The van der Waals surface area contributed by atoms with Crippen molar-refractivity contribution in [2.24, 2.45) is 0 Å². The lowest BCUT2D eigenvalue weighted by atomic mass is 10.1. The Hall–Kier alpha value is -4.47. The molecule has 0 aliphatic heterocycles. The maximum absolute atomic E-state index is 4.68. The number of rotatable bonds is 5. The minimum atomic E-state index is 0.505. The van der Waals surface area contributed by atoms with E-state index in [9.17, 15) is 0 Å². The molecule has 1 N–H and O–H groups in total. The van der Waals surface area contributed by atoms with Crippen molar-refractivity contribution < 1.29 is 0 Å². The van der Waals surface area contributed by atoms with Crippen molar-refractivity contribution >= 4 is 33.7 Å². The number of fused-ring (bicyclic) bond motifs is 3. The van der Waals surface area contributed by atoms with Gasteiger partial charge in [0.15, 0.2) is 11.3 Å². The van der Waals surface area contributed by atoms with Gasteiger partial charge in [-0.1, -0.05) is 17.3 Å². The van der Waals surface area contributed by atoms with Gasteiger partial charge in [0.05, 0.1) is 24.5 Å². The van der Waals surface area contributed by atoms with Crippen molar-refractivity contribution in [1.82, 2.24) is 44.5 Å². The average molecular weight is 408 g/mol. The zero-order valence-electron chi connectivity index (χ0n) is 16.3. The molecule has 31 heavy (non-hydrogen) atoms. The second-order valence-electron chi connectivity index (χ2n) is 7.09. The van der Waals surface area contributed by atoms with E-state index in [4.69, 9.17) is 0 Å². The van der Waals surface area contributed by atoms with E-state index in [1.54, 1.807) is 34.0 Å². The van der Waals surface area contributed by atoms with Crippen LogP contribution in [0.1, 0.15) is 11.1 Å². The molecule has 0 radical (unpaired) electrons. The molecule has 1 aromatic carbocycles. The number of anilines is 1. The van der Waals surface area contributed by atoms with Gasteiger partial charge in [0.1, 0.15) is 5.82 Å². The standard InChI is InChI=1S/C21H16N10/c1-3-15-9-14(4-5-17(15)22-6-1)13-31-21-19(28-29-31)25-12-18(27-21)24-10-16-11-26-30-8-2-7-23-20(16)30/h1-9,11-12H,10,13H2,(H,24,27). The Morgan fingerprint density at radius 1 is 0.935 bits per heavy atom. The fraction of sp³-hybridized carbons (Fsp3) is 0.0952. The van der Waals surface area contributed by atoms with Crippen LogP contribution < -0.4 is 5.32 Å². The SMILES string of the molecule is c1cnc2ccc(Cn3nnc4ncc(NCc5cnn6cccnc56)nc43)cc2c1. The lowest BCUT2D eigenvalue weighted by Gasteiger charge is -2.06. The maximum atomic E-state index is 4.68. The van der Waals surface area contributed by atoms with Gasteiger partial charge in [-0.3, -0.25) is 4.98 Å². The Morgan fingerprint density at radius 3 is 2.90 bits per heavy atom. The van der Waals surface area contributed by atoms with Crippen LogP contribution in [0, 0.1) is 0 Å². The van der Waals surface area contributed by atoms with Gasteiger partial charge in [-0.25, -0.2) is 24.1 Å². The van der Waals surface area contributed by atoms with Gasteiger partial charge in [-0.2, -0.15) is 5.10 Å². The van der Waals surface area contributed by atoms with Crippen LogP contribution >= 0.6 is 0 Å². The summed E-state index contributed by atoms with van der Waals surface area (Å²) in [5.74, 6) is 0.633. The number of pyridine rings is 1. The van der Waals surface area contributed by atoms with Crippen molar-refractivity contribution in [3.8, 4) is 0 Å². The van der Waals surface area contributed by atoms with Gasteiger partial charge in [0.2, 0.25) is 5.65 Å². The fourth-order valence-corrected chi connectivity index (χ4v) is 3.53. The molecule has 5 aromatic heterocycles. The van der Waals surface area contributed by atoms with Crippen LogP contribution in [0.25, 0.3) is 27.8 Å². The van der Waals surface area contributed by atoms with E-state index in [-0.39, 0.29) is 0 Å². The topological polar surface area (TPSA) is 112 Å². The molecule has 0 bridgehead atoms. The molecule has 5 heterocycles. The van der Waals surface area contributed by atoms with Gasteiger partial charge in [-0.15, -0.1) is 5.10 Å². The molecule has 0 atom stereocenters. The Kier molecular flexibility index (Phi) is 3.98. The molecule has 6 aromatic rings. The molecule has 6 rings (SSSR count). The minimum Gasteiger partial charge on any atom is -0.364 e. The summed E-state index contributed by atoms with van der Waals surface area (Å²) in [6.07, 6.45) is 8.86. The van der Waals surface area contributed by atoms with E-state index in [1.807, 2.05) is 36.5 Å². The number of hydrogen-bond acceptors (Lipinski definition) is 8. The zero-order valence-corrected chi connectivity index (χ0v) is 16.3. The molecular formula is C21H16N10. The van der Waals surface area contributed by atoms with Crippen LogP contribution in [0.4, 0.5) is 5.82 Å². The van der Waals surface area contributed by atoms with Crippen LogP contribution in [0.3, 0.4) is 0 Å². The summed E-state index contributed by atoms with van der Waals surface area (Å²) in [7, 11) is 0. The molecule has 10 nitrogen and oxygen atoms in total. The Bertz CT molecular complexity index is 1530. The monoisotopic (exact) mass is 408 g/mol. The Labute approximate surface area is 175 Å². The molecule has 0 spiro atoms. The predicted molar refractivity (Wildman–Crippen MR) is 114 cm³/mol. The highest BCUT2D eigenvalue weighted by atomic mass is 15.5. The van der Waals surface area contributed by atoms with Gasteiger partial charge < -0.3 is 5.32 Å². The zero-order chi connectivity index (χ0) is 20.6. The first-order valence-corrected chi connectivity index (χ1v) is 9.74. The van der Waals surface area contributed by atoms with Gasteiger partial charge in [0.25, 0.3) is 0 Å². The molecule has 0 saturated heterocycles. The lowest BCUT2D eigenvalue weighted by Crippen LogP contribution is -2.06. The Balaban J connectivity index is 1.27. The summed E-state index contributed by atoms with van der Waals surface area (Å²) >= 11 is 0. The third-order valence-electron chi connectivity index (χ3n) is 5.04. The van der Waals surface area contributed by atoms with E-state index in [0.29, 0.717) is 30.2 Å². The molecule has 0 amide bonds. The number of nitrogens with one attached hydrogen (secondary N) is 1. The average Bonchev–Trinajstić information content (AvgIpc) is 3.41. The van der Waals surface area contributed by atoms with Crippen molar-refractivity contribution in [3.05, 3.63) is 78.5 Å². The van der Waals surface area contributed by atoms with Gasteiger partial charge in [0, 0.05) is 36.1 Å². The van der Waals surface area contributed by atoms with Crippen molar-refractivity contribution in [2.45, 2.75) is 13.1 Å². The fourth-order valence-electron chi connectivity index (χ4n) is 3.53. The van der Waals surface area contributed by atoms with E-state index in [0.717, 1.165) is 27.7 Å². The van der Waals surface area contributed by atoms with Crippen molar-refractivity contribution in [2.75, 3.05) is 5.32 Å². The quantitative estimate of drug-likeness (QED) is 0.463. The number of hydrogen-bond donors (Lipinski definition) is 1. The van der Waals surface area contributed by atoms with Gasteiger partial charge >= 0.3 is 0 Å². The first-order valence-electron chi connectivity index (χ1n) is 9.74. The highest BCUT2D eigenvalue weighted by Crippen LogP contribution is 2.17. The van der Waals surface area contributed by atoms with E-state index in [1.165, 1.54) is 0 Å². The molecule has 10 heteroatoms. The molecule has 0 unspecified atom stereocenters. The minimum absolute atomic E-state index is 0.505. The van der Waals surface area contributed by atoms with E-state index in [2.05, 4.69) is 46.7 Å². The third-order valence-corrected chi connectivity index (χ3v) is 5.04. The first kappa shape index (κ1) is 17.4. The first-order chi connectivity index (χ1) is 15.3. The third kappa shape index (κ3) is 3.19. The molecule has 0 saturated carbocycles. The second kappa shape index (κ2) is 7.10. The highest BCUT2D eigenvalue weighted by Gasteiger charge is 2.11. The predicted octanol–water partition coefficient (Wildman–Crippen LogP) is 2.47. The summed E-state index contributed by atoms with van der Waals surface area (Å²) < 4.78 is 3.49. The van der Waals surface area contributed by atoms with Crippen LogP contribution in [0.2, 0.25) is 0 Å². The van der Waals surface area contributed by atoms with Crippen LogP contribution in [-0.2, 0) is 13.1 Å². The molecule has 150 valence electrons. The number of benzene rings is 1. The summed E-state index contributed by atoms with van der Waals surface area (Å²) in [6.45, 7) is 1.07. The van der Waals surface area contributed by atoms with Crippen LogP contribution in [-0.4, -0.2) is 44.5 Å². The molecule has 0 aliphatic carbocycles. The van der Waals surface area contributed by atoms with Gasteiger partial charge in [-0.05, 0) is 29.8 Å².